The number of nitrogens with zero attached hydrogens (tertiary/aromatic N) is 4. The molecule has 1 atom stereocenters. The molecule has 27 heavy (non-hydrogen) atoms. The molecule has 0 fully saturated rings. The van der Waals surface area contributed by atoms with Crippen molar-refractivity contribution in [2.24, 2.45) is 7.05 Å². The lowest BCUT2D eigenvalue weighted by Gasteiger charge is -2.18. The summed E-state index contributed by atoms with van der Waals surface area (Å²) >= 11 is 0. The summed E-state index contributed by atoms with van der Waals surface area (Å²) < 4.78 is 12.1. The average Bonchev–Trinajstić information content (AvgIpc) is 3.31. The first-order valence-electron chi connectivity index (χ1n) is 8.58. The first-order chi connectivity index (χ1) is 13.1. The van der Waals surface area contributed by atoms with Crippen LogP contribution in [0.4, 0.5) is 10.5 Å². The van der Waals surface area contributed by atoms with Crippen molar-refractivity contribution in [3.8, 4) is 11.5 Å². The average molecular weight is 370 g/mol. The molecule has 0 bridgehead atoms. The number of aryl methyl sites for hydroxylation is 2. The summed E-state index contributed by atoms with van der Waals surface area (Å²) in [5.74, 6) is 1.12. The van der Waals surface area contributed by atoms with Crippen LogP contribution in [0, 0.1) is 0 Å². The molecule has 9 nitrogen and oxygen atoms in total. The summed E-state index contributed by atoms with van der Waals surface area (Å²) in [7, 11) is 3.40. The largest absolute Gasteiger partial charge is 0.382 e. The highest BCUT2D eigenvalue weighted by Gasteiger charge is 2.17. The van der Waals surface area contributed by atoms with Gasteiger partial charge in [0.05, 0.1) is 18.3 Å². The zero-order valence-electron chi connectivity index (χ0n) is 15.5. The van der Waals surface area contributed by atoms with E-state index in [-0.39, 0.29) is 12.1 Å². The van der Waals surface area contributed by atoms with Gasteiger partial charge in [0.1, 0.15) is 0 Å². The van der Waals surface area contributed by atoms with Gasteiger partial charge in [-0.05, 0) is 30.3 Å². The molecule has 2 heterocycles. The van der Waals surface area contributed by atoms with Gasteiger partial charge in [0, 0.05) is 38.0 Å². The molecule has 1 aromatic carbocycles. The Morgan fingerprint density at radius 3 is 2.67 bits per heavy atom. The van der Waals surface area contributed by atoms with Gasteiger partial charge in [0.25, 0.3) is 5.89 Å². The topological polar surface area (TPSA) is 107 Å². The standard InChI is InChI=1S/C18H22N6O3/c1-4-16-22-17(27-23-16)12-5-7-13(8-6-12)20-18(25)21-14(11-26-3)15-9-10-19-24(15)2/h5-10,14H,4,11H2,1-3H3,(H2,20,21,25). The fraction of sp³-hybridized carbons (Fsp3) is 0.333. The summed E-state index contributed by atoms with van der Waals surface area (Å²) in [6.45, 7) is 2.30. The number of hydrogen-bond donors (Lipinski definition) is 2. The summed E-state index contributed by atoms with van der Waals surface area (Å²) in [6.07, 6.45) is 2.39. The SMILES string of the molecule is CCc1noc(-c2ccc(NC(=O)NC(COC)c3ccnn3C)cc2)n1. The summed E-state index contributed by atoms with van der Waals surface area (Å²) in [5.41, 5.74) is 2.29. The van der Waals surface area contributed by atoms with Crippen LogP contribution in [0.15, 0.2) is 41.1 Å². The van der Waals surface area contributed by atoms with Crippen molar-refractivity contribution in [2.45, 2.75) is 19.4 Å². The van der Waals surface area contributed by atoms with Crippen LogP contribution < -0.4 is 10.6 Å². The molecule has 3 aromatic rings. The minimum Gasteiger partial charge on any atom is -0.382 e. The Morgan fingerprint density at radius 2 is 2.07 bits per heavy atom. The zero-order valence-corrected chi connectivity index (χ0v) is 15.5. The molecule has 0 spiro atoms. The summed E-state index contributed by atoms with van der Waals surface area (Å²) in [6, 6.07) is 8.38. The number of hydrogen-bond acceptors (Lipinski definition) is 6. The minimum atomic E-state index is -0.336. The smallest absolute Gasteiger partial charge is 0.319 e. The minimum absolute atomic E-state index is 0.312. The molecule has 0 aliphatic heterocycles. The summed E-state index contributed by atoms with van der Waals surface area (Å²) in [5, 5.41) is 13.7. The van der Waals surface area contributed by atoms with Crippen LogP contribution in [-0.4, -0.2) is 39.7 Å². The molecule has 2 aromatic heterocycles. The molecule has 1 unspecified atom stereocenters. The van der Waals surface area contributed by atoms with E-state index < -0.39 is 0 Å². The van der Waals surface area contributed by atoms with Gasteiger partial charge >= 0.3 is 6.03 Å². The fourth-order valence-corrected chi connectivity index (χ4v) is 2.63. The molecule has 9 heteroatoms. The molecule has 0 saturated carbocycles. The molecule has 142 valence electrons. The highest BCUT2D eigenvalue weighted by Crippen LogP contribution is 2.20. The zero-order chi connectivity index (χ0) is 19.2. The van der Waals surface area contributed by atoms with Gasteiger partial charge in [-0.25, -0.2) is 4.79 Å². The Bertz CT molecular complexity index is 887. The van der Waals surface area contributed by atoms with Crippen LogP contribution in [-0.2, 0) is 18.2 Å². The molecule has 2 N–H and O–H groups in total. The number of amides is 2. The van der Waals surface area contributed by atoms with E-state index in [4.69, 9.17) is 9.26 Å². The van der Waals surface area contributed by atoms with Crippen molar-refractivity contribution in [2.75, 3.05) is 19.0 Å². The Labute approximate surface area is 156 Å². The number of anilines is 1. The van der Waals surface area contributed by atoms with Gasteiger partial charge < -0.3 is 19.9 Å². The monoisotopic (exact) mass is 370 g/mol. The van der Waals surface area contributed by atoms with E-state index >= 15 is 0 Å². The fourth-order valence-electron chi connectivity index (χ4n) is 2.63. The second-order valence-corrected chi connectivity index (χ2v) is 5.93. The maximum absolute atomic E-state index is 12.4. The predicted molar refractivity (Wildman–Crippen MR) is 99.1 cm³/mol. The maximum atomic E-state index is 12.4. The van der Waals surface area contributed by atoms with Gasteiger partial charge in [-0.1, -0.05) is 12.1 Å². The van der Waals surface area contributed by atoms with E-state index in [0.717, 1.165) is 11.3 Å². The van der Waals surface area contributed by atoms with E-state index in [1.807, 2.05) is 32.2 Å². The predicted octanol–water partition coefficient (Wildman–Crippen LogP) is 2.54. The lowest BCUT2D eigenvalue weighted by molar-refractivity contribution is 0.165. The van der Waals surface area contributed by atoms with Crippen LogP contribution in [0.5, 0.6) is 0 Å². The molecule has 0 aliphatic carbocycles. The van der Waals surface area contributed by atoms with E-state index in [0.29, 0.717) is 30.4 Å². The number of methoxy groups -OCH3 is 1. The van der Waals surface area contributed by atoms with Gasteiger partial charge in [0.15, 0.2) is 5.82 Å². The third-order valence-electron chi connectivity index (χ3n) is 4.03. The lowest BCUT2D eigenvalue weighted by Crippen LogP contribution is -2.35. The van der Waals surface area contributed by atoms with Crippen LogP contribution in [0.2, 0.25) is 0 Å². The number of benzene rings is 1. The molecule has 0 aliphatic rings. The Kier molecular flexibility index (Phi) is 5.82. The van der Waals surface area contributed by atoms with Crippen LogP contribution in [0.25, 0.3) is 11.5 Å². The maximum Gasteiger partial charge on any atom is 0.319 e. The van der Waals surface area contributed by atoms with Crippen molar-refractivity contribution in [1.29, 1.82) is 0 Å². The second kappa shape index (κ2) is 8.45. The number of carbonyl (C=O) groups is 1. The van der Waals surface area contributed by atoms with Crippen LogP contribution in [0.3, 0.4) is 0 Å². The Morgan fingerprint density at radius 1 is 1.30 bits per heavy atom. The highest BCUT2D eigenvalue weighted by atomic mass is 16.5. The summed E-state index contributed by atoms with van der Waals surface area (Å²) in [4.78, 5) is 16.6. The number of urea groups is 1. The molecule has 3 rings (SSSR count). The molecule has 0 saturated heterocycles. The number of carbonyl (C=O) groups excluding carboxylic acids is 1. The number of aromatic nitrogens is 4. The van der Waals surface area contributed by atoms with Crippen molar-refractivity contribution in [3.63, 3.8) is 0 Å². The molecular formula is C18H22N6O3. The lowest BCUT2D eigenvalue weighted by atomic mass is 10.2. The van der Waals surface area contributed by atoms with E-state index in [1.165, 1.54) is 0 Å². The Hall–Kier alpha value is -3.20. The highest BCUT2D eigenvalue weighted by molar-refractivity contribution is 5.89. The normalized spacial score (nSPS) is 12.0. The van der Waals surface area contributed by atoms with E-state index in [9.17, 15) is 4.79 Å². The van der Waals surface area contributed by atoms with Crippen LogP contribution >= 0.6 is 0 Å². The third kappa shape index (κ3) is 4.50. The van der Waals surface area contributed by atoms with Gasteiger partial charge in [0.2, 0.25) is 0 Å². The Balaban J connectivity index is 1.64. The van der Waals surface area contributed by atoms with Crippen molar-refractivity contribution in [3.05, 3.63) is 48.0 Å². The van der Waals surface area contributed by atoms with Crippen LogP contribution in [0.1, 0.15) is 24.5 Å². The molecular weight excluding hydrogens is 348 g/mol. The van der Waals surface area contributed by atoms with Gasteiger partial charge in [-0.15, -0.1) is 0 Å². The van der Waals surface area contributed by atoms with E-state index in [1.54, 1.807) is 30.1 Å². The van der Waals surface area contributed by atoms with Gasteiger partial charge in [-0.3, -0.25) is 4.68 Å². The van der Waals surface area contributed by atoms with Crippen molar-refractivity contribution in [1.82, 2.24) is 25.2 Å². The van der Waals surface area contributed by atoms with E-state index in [2.05, 4.69) is 25.9 Å². The quantitative estimate of drug-likeness (QED) is 0.662. The second-order valence-electron chi connectivity index (χ2n) is 5.93. The number of nitrogens with one attached hydrogen (secondary N) is 2. The molecule has 2 amide bonds. The first kappa shape index (κ1) is 18.6. The number of rotatable bonds is 7. The third-order valence-corrected chi connectivity index (χ3v) is 4.03. The van der Waals surface area contributed by atoms with Crippen molar-refractivity contribution >= 4 is 11.7 Å². The first-order valence-corrected chi connectivity index (χ1v) is 8.58. The van der Waals surface area contributed by atoms with Crippen molar-refractivity contribution < 1.29 is 14.1 Å². The molecule has 0 radical (unpaired) electrons. The van der Waals surface area contributed by atoms with Gasteiger partial charge in [-0.2, -0.15) is 10.1 Å². The number of ether oxygens (including phenoxy) is 1.